The van der Waals surface area contributed by atoms with Crippen LogP contribution in [0.3, 0.4) is 0 Å². The lowest BCUT2D eigenvalue weighted by atomic mass is 9.96. The van der Waals surface area contributed by atoms with Crippen LogP contribution in [-0.4, -0.2) is 11.1 Å². The molecule has 86 valence electrons. The van der Waals surface area contributed by atoms with Gasteiger partial charge in [0.2, 0.25) is 0 Å². The van der Waals surface area contributed by atoms with E-state index in [0.29, 0.717) is 35.4 Å². The maximum Gasteiger partial charge on any atom is 0.309 e. The number of rotatable bonds is 3. The van der Waals surface area contributed by atoms with Gasteiger partial charge in [0.25, 0.3) is 0 Å². The Hall–Kier alpha value is -1.09. The van der Waals surface area contributed by atoms with Crippen LogP contribution in [0.15, 0.2) is 12.1 Å². The molecule has 0 atom stereocenters. The molecule has 2 rings (SSSR count). The van der Waals surface area contributed by atoms with Crippen molar-refractivity contribution in [3.8, 4) is 0 Å². The van der Waals surface area contributed by atoms with Crippen LogP contribution >= 0.6 is 11.6 Å². The molecule has 0 bridgehead atoms. The van der Waals surface area contributed by atoms with Gasteiger partial charge in [-0.2, -0.15) is 0 Å². The zero-order valence-corrected chi connectivity index (χ0v) is 9.64. The van der Waals surface area contributed by atoms with E-state index in [2.05, 4.69) is 0 Å². The van der Waals surface area contributed by atoms with Gasteiger partial charge in [0.15, 0.2) is 0 Å². The smallest absolute Gasteiger partial charge is 0.309 e. The third-order valence-electron chi connectivity index (χ3n) is 3.16. The Morgan fingerprint density at radius 1 is 1.56 bits per heavy atom. The molecule has 1 aliphatic rings. The molecule has 0 radical (unpaired) electrons. The van der Waals surface area contributed by atoms with Crippen LogP contribution in [-0.2, 0) is 11.2 Å². The van der Waals surface area contributed by atoms with Crippen molar-refractivity contribution in [2.75, 3.05) is 0 Å². The van der Waals surface area contributed by atoms with E-state index in [1.54, 1.807) is 13.0 Å². The molecule has 1 aromatic carbocycles. The second-order valence-electron chi connectivity index (χ2n) is 4.46. The third-order valence-corrected chi connectivity index (χ3v) is 3.52. The first kappa shape index (κ1) is 11.4. The quantitative estimate of drug-likeness (QED) is 0.884. The standard InChI is InChI=1S/C12H12ClFO2/c1-7-4-9(13)8(5-10(7)14)6-12(2-3-12)11(15)16/h4-5H,2-3,6H2,1H3,(H,15,16). The second-order valence-corrected chi connectivity index (χ2v) is 4.86. The maximum atomic E-state index is 13.3. The minimum atomic E-state index is -0.815. The number of carbonyl (C=O) groups is 1. The van der Waals surface area contributed by atoms with Crippen LogP contribution in [0.1, 0.15) is 24.0 Å². The van der Waals surface area contributed by atoms with Gasteiger partial charge >= 0.3 is 5.97 Å². The van der Waals surface area contributed by atoms with Gasteiger partial charge in [-0.15, -0.1) is 0 Å². The summed E-state index contributed by atoms with van der Waals surface area (Å²) in [7, 11) is 0. The van der Waals surface area contributed by atoms with Crippen molar-refractivity contribution in [2.45, 2.75) is 26.2 Å². The predicted molar refractivity (Wildman–Crippen MR) is 59.2 cm³/mol. The summed E-state index contributed by atoms with van der Waals surface area (Å²) < 4.78 is 13.3. The van der Waals surface area contributed by atoms with E-state index in [9.17, 15) is 9.18 Å². The summed E-state index contributed by atoms with van der Waals surface area (Å²) >= 11 is 5.98. The lowest BCUT2D eigenvalue weighted by molar-refractivity contribution is -0.143. The monoisotopic (exact) mass is 242 g/mol. The average Bonchev–Trinajstić information content (AvgIpc) is 2.95. The van der Waals surface area contributed by atoms with Gasteiger partial charge in [-0.1, -0.05) is 11.6 Å². The van der Waals surface area contributed by atoms with Crippen molar-refractivity contribution in [1.82, 2.24) is 0 Å². The molecule has 4 heteroatoms. The van der Waals surface area contributed by atoms with E-state index < -0.39 is 11.4 Å². The third kappa shape index (κ3) is 1.92. The van der Waals surface area contributed by atoms with Crippen LogP contribution in [0.5, 0.6) is 0 Å². The molecule has 1 N–H and O–H groups in total. The Kier molecular flexibility index (Phi) is 2.66. The van der Waals surface area contributed by atoms with Crippen LogP contribution in [0.2, 0.25) is 5.02 Å². The zero-order valence-electron chi connectivity index (χ0n) is 8.89. The molecule has 1 fully saturated rings. The first-order chi connectivity index (χ1) is 7.44. The Morgan fingerprint density at radius 3 is 2.69 bits per heavy atom. The van der Waals surface area contributed by atoms with Crippen molar-refractivity contribution in [2.24, 2.45) is 5.41 Å². The Morgan fingerprint density at radius 2 is 2.19 bits per heavy atom. The van der Waals surface area contributed by atoms with Crippen molar-refractivity contribution in [1.29, 1.82) is 0 Å². The van der Waals surface area contributed by atoms with Gasteiger partial charge in [0.1, 0.15) is 5.82 Å². The fraction of sp³-hybridized carbons (Fsp3) is 0.417. The molecule has 0 heterocycles. The molecule has 0 amide bonds. The van der Waals surface area contributed by atoms with Gasteiger partial charge in [0, 0.05) is 5.02 Å². The summed E-state index contributed by atoms with van der Waals surface area (Å²) in [6.07, 6.45) is 1.61. The fourth-order valence-corrected chi connectivity index (χ4v) is 2.09. The van der Waals surface area contributed by atoms with E-state index in [-0.39, 0.29) is 5.82 Å². The van der Waals surface area contributed by atoms with Crippen molar-refractivity contribution in [3.05, 3.63) is 34.1 Å². The summed E-state index contributed by atoms with van der Waals surface area (Å²) in [5, 5.41) is 9.49. The normalized spacial score (nSPS) is 17.2. The summed E-state index contributed by atoms with van der Waals surface area (Å²) in [4.78, 5) is 11.0. The number of halogens is 2. The average molecular weight is 243 g/mol. The molecular formula is C12H12ClFO2. The highest BCUT2D eigenvalue weighted by Crippen LogP contribution is 2.49. The number of aryl methyl sites for hydroxylation is 1. The molecule has 0 saturated heterocycles. The first-order valence-electron chi connectivity index (χ1n) is 5.12. The van der Waals surface area contributed by atoms with Crippen molar-refractivity contribution in [3.63, 3.8) is 0 Å². The van der Waals surface area contributed by atoms with Gasteiger partial charge in [-0.3, -0.25) is 4.79 Å². The second kappa shape index (κ2) is 3.74. The zero-order chi connectivity index (χ0) is 11.9. The molecule has 0 aliphatic heterocycles. The largest absolute Gasteiger partial charge is 0.481 e. The molecular weight excluding hydrogens is 231 g/mol. The van der Waals surface area contributed by atoms with E-state index in [1.807, 2.05) is 0 Å². The Labute approximate surface area is 98.0 Å². The molecule has 1 aliphatic carbocycles. The first-order valence-corrected chi connectivity index (χ1v) is 5.50. The van der Waals surface area contributed by atoms with E-state index in [0.717, 1.165) is 0 Å². The number of hydrogen-bond donors (Lipinski definition) is 1. The fourth-order valence-electron chi connectivity index (χ4n) is 1.80. The molecule has 0 spiro atoms. The molecule has 16 heavy (non-hydrogen) atoms. The van der Waals surface area contributed by atoms with Crippen LogP contribution in [0.4, 0.5) is 4.39 Å². The van der Waals surface area contributed by atoms with E-state index >= 15 is 0 Å². The van der Waals surface area contributed by atoms with Crippen LogP contribution in [0, 0.1) is 18.2 Å². The molecule has 0 unspecified atom stereocenters. The van der Waals surface area contributed by atoms with Crippen LogP contribution < -0.4 is 0 Å². The number of benzene rings is 1. The summed E-state index contributed by atoms with van der Waals surface area (Å²) in [5.41, 5.74) is 0.365. The lowest BCUT2D eigenvalue weighted by Gasteiger charge is -2.12. The number of aliphatic carboxylic acids is 1. The minimum Gasteiger partial charge on any atom is -0.481 e. The highest BCUT2D eigenvalue weighted by Gasteiger charge is 2.50. The summed E-state index contributed by atoms with van der Waals surface area (Å²) in [6, 6.07) is 2.89. The summed E-state index contributed by atoms with van der Waals surface area (Å²) in [5.74, 6) is -1.15. The number of hydrogen-bond acceptors (Lipinski definition) is 1. The molecule has 0 aromatic heterocycles. The number of carboxylic acids is 1. The summed E-state index contributed by atoms with van der Waals surface area (Å²) in [6.45, 7) is 1.63. The lowest BCUT2D eigenvalue weighted by Crippen LogP contribution is -2.17. The van der Waals surface area contributed by atoms with Crippen molar-refractivity contribution >= 4 is 17.6 Å². The topological polar surface area (TPSA) is 37.3 Å². The van der Waals surface area contributed by atoms with Gasteiger partial charge < -0.3 is 5.11 Å². The van der Waals surface area contributed by atoms with E-state index in [1.165, 1.54) is 6.07 Å². The SMILES string of the molecule is Cc1cc(Cl)c(CC2(C(=O)O)CC2)cc1F. The van der Waals surface area contributed by atoms with Gasteiger partial charge in [0.05, 0.1) is 5.41 Å². The minimum absolute atomic E-state index is 0.318. The Bertz CT molecular complexity index is 453. The van der Waals surface area contributed by atoms with E-state index in [4.69, 9.17) is 16.7 Å². The predicted octanol–water partition coefficient (Wildman–Crippen LogP) is 3.19. The molecule has 2 nitrogen and oxygen atoms in total. The number of carboxylic acid groups (broad SMARTS) is 1. The van der Waals surface area contributed by atoms with Crippen LogP contribution in [0.25, 0.3) is 0 Å². The van der Waals surface area contributed by atoms with Gasteiger partial charge in [-0.05, 0) is 49.4 Å². The highest BCUT2D eigenvalue weighted by atomic mass is 35.5. The van der Waals surface area contributed by atoms with Gasteiger partial charge in [-0.25, -0.2) is 4.39 Å². The highest BCUT2D eigenvalue weighted by molar-refractivity contribution is 6.31. The van der Waals surface area contributed by atoms with Crippen molar-refractivity contribution < 1.29 is 14.3 Å². The maximum absolute atomic E-state index is 13.3. The Balaban J connectivity index is 2.29. The molecule has 1 saturated carbocycles. The molecule has 1 aromatic rings.